The van der Waals surface area contributed by atoms with Crippen LogP contribution in [-0.4, -0.2) is 35.5 Å². The summed E-state index contributed by atoms with van der Waals surface area (Å²) in [5.74, 6) is 0.0457. The first-order valence-corrected chi connectivity index (χ1v) is 9.57. The SMILES string of the molecule is Cc1csc(-c2cccc(C(=O)N3CCOC(c4ccccc4)C3)c2)n1. The molecule has 5 heteroatoms. The predicted octanol–water partition coefficient (Wildman–Crippen LogP) is 4.33. The highest BCUT2D eigenvalue weighted by atomic mass is 32.1. The topological polar surface area (TPSA) is 42.4 Å². The van der Waals surface area contributed by atoms with Gasteiger partial charge in [0, 0.05) is 28.7 Å². The average molecular weight is 364 g/mol. The minimum Gasteiger partial charge on any atom is -0.370 e. The zero-order valence-corrected chi connectivity index (χ0v) is 15.4. The summed E-state index contributed by atoms with van der Waals surface area (Å²) >= 11 is 1.60. The van der Waals surface area contributed by atoms with Crippen LogP contribution in [0.15, 0.2) is 60.0 Å². The van der Waals surface area contributed by atoms with Gasteiger partial charge in [0.05, 0.1) is 13.2 Å². The van der Waals surface area contributed by atoms with Gasteiger partial charge in [0.1, 0.15) is 11.1 Å². The Balaban J connectivity index is 1.54. The number of ether oxygens (including phenoxy) is 1. The standard InChI is InChI=1S/C21H20N2O2S/c1-15-14-26-20(22-15)17-8-5-9-18(12-17)21(24)23-10-11-25-19(13-23)16-6-3-2-4-7-16/h2-9,12,14,19H,10-11,13H2,1H3. The molecule has 1 aromatic heterocycles. The second-order valence-electron chi connectivity index (χ2n) is 6.40. The molecule has 1 saturated heterocycles. The van der Waals surface area contributed by atoms with E-state index < -0.39 is 0 Å². The van der Waals surface area contributed by atoms with Gasteiger partial charge in [-0.25, -0.2) is 4.98 Å². The molecule has 1 aliphatic heterocycles. The largest absolute Gasteiger partial charge is 0.370 e. The van der Waals surface area contributed by atoms with Crippen LogP contribution in [0.1, 0.15) is 27.7 Å². The van der Waals surface area contributed by atoms with E-state index in [1.807, 2.05) is 71.8 Å². The summed E-state index contributed by atoms with van der Waals surface area (Å²) < 4.78 is 5.87. The van der Waals surface area contributed by atoms with Crippen molar-refractivity contribution in [3.63, 3.8) is 0 Å². The van der Waals surface area contributed by atoms with Crippen LogP contribution in [0.5, 0.6) is 0 Å². The Bertz CT molecular complexity index is 907. The third-order valence-electron chi connectivity index (χ3n) is 4.50. The second kappa shape index (κ2) is 7.40. The van der Waals surface area contributed by atoms with Crippen LogP contribution in [0.4, 0.5) is 0 Å². The van der Waals surface area contributed by atoms with Crippen molar-refractivity contribution in [2.45, 2.75) is 13.0 Å². The summed E-state index contributed by atoms with van der Waals surface area (Å²) in [6, 6.07) is 17.8. The quantitative estimate of drug-likeness (QED) is 0.695. The van der Waals surface area contributed by atoms with E-state index in [2.05, 4.69) is 4.98 Å². The normalized spacial score (nSPS) is 17.3. The number of rotatable bonds is 3. The summed E-state index contributed by atoms with van der Waals surface area (Å²) in [5, 5.41) is 2.97. The maximum Gasteiger partial charge on any atom is 0.254 e. The van der Waals surface area contributed by atoms with Gasteiger partial charge in [0.25, 0.3) is 5.91 Å². The lowest BCUT2D eigenvalue weighted by Crippen LogP contribution is -2.42. The van der Waals surface area contributed by atoms with Crippen LogP contribution < -0.4 is 0 Å². The monoisotopic (exact) mass is 364 g/mol. The number of nitrogens with zero attached hydrogens (tertiary/aromatic N) is 2. The zero-order valence-electron chi connectivity index (χ0n) is 14.6. The lowest BCUT2D eigenvalue weighted by Gasteiger charge is -2.33. The Kier molecular flexibility index (Phi) is 4.82. The van der Waals surface area contributed by atoms with E-state index in [1.165, 1.54) is 0 Å². The Morgan fingerprint density at radius 1 is 1.19 bits per heavy atom. The lowest BCUT2D eigenvalue weighted by atomic mass is 10.1. The first-order valence-electron chi connectivity index (χ1n) is 8.69. The summed E-state index contributed by atoms with van der Waals surface area (Å²) in [5.41, 5.74) is 3.79. The number of carbonyl (C=O) groups excluding carboxylic acids is 1. The number of amides is 1. The highest BCUT2D eigenvalue weighted by molar-refractivity contribution is 7.13. The van der Waals surface area contributed by atoms with E-state index in [4.69, 9.17) is 4.74 Å². The molecular weight excluding hydrogens is 344 g/mol. The van der Waals surface area contributed by atoms with Crippen LogP contribution in [0, 0.1) is 6.92 Å². The maximum absolute atomic E-state index is 13.0. The highest BCUT2D eigenvalue weighted by Gasteiger charge is 2.26. The van der Waals surface area contributed by atoms with Crippen molar-refractivity contribution in [2.75, 3.05) is 19.7 Å². The van der Waals surface area contributed by atoms with Gasteiger partial charge >= 0.3 is 0 Å². The van der Waals surface area contributed by atoms with Gasteiger partial charge in [-0.05, 0) is 24.6 Å². The smallest absolute Gasteiger partial charge is 0.254 e. The van der Waals surface area contributed by atoms with E-state index in [0.717, 1.165) is 21.8 Å². The number of morpholine rings is 1. The van der Waals surface area contributed by atoms with Crippen molar-refractivity contribution in [3.8, 4) is 10.6 Å². The zero-order chi connectivity index (χ0) is 17.9. The van der Waals surface area contributed by atoms with Crippen LogP contribution >= 0.6 is 11.3 Å². The summed E-state index contributed by atoms with van der Waals surface area (Å²) in [4.78, 5) is 19.4. The first kappa shape index (κ1) is 16.9. The fourth-order valence-corrected chi connectivity index (χ4v) is 3.95. The molecule has 0 radical (unpaired) electrons. The molecule has 0 saturated carbocycles. The molecule has 1 unspecified atom stereocenters. The number of benzene rings is 2. The summed E-state index contributed by atoms with van der Waals surface area (Å²) in [7, 11) is 0. The van der Waals surface area contributed by atoms with Crippen molar-refractivity contribution in [1.82, 2.24) is 9.88 Å². The van der Waals surface area contributed by atoms with Gasteiger partial charge in [-0.3, -0.25) is 4.79 Å². The van der Waals surface area contributed by atoms with E-state index in [0.29, 0.717) is 25.3 Å². The molecule has 2 heterocycles. The molecule has 4 rings (SSSR count). The molecule has 4 nitrogen and oxygen atoms in total. The Morgan fingerprint density at radius 3 is 2.81 bits per heavy atom. The van der Waals surface area contributed by atoms with Crippen molar-refractivity contribution in [1.29, 1.82) is 0 Å². The fourth-order valence-electron chi connectivity index (χ4n) is 3.16. The third kappa shape index (κ3) is 3.54. The van der Waals surface area contributed by atoms with Crippen molar-refractivity contribution >= 4 is 17.2 Å². The van der Waals surface area contributed by atoms with Crippen molar-refractivity contribution < 1.29 is 9.53 Å². The number of hydrogen-bond acceptors (Lipinski definition) is 4. The summed E-state index contributed by atoms with van der Waals surface area (Å²) in [6.07, 6.45) is -0.0707. The Labute approximate surface area is 157 Å². The van der Waals surface area contributed by atoms with E-state index in [9.17, 15) is 4.79 Å². The maximum atomic E-state index is 13.0. The lowest BCUT2D eigenvalue weighted by molar-refractivity contribution is -0.0228. The molecular formula is C21H20N2O2S. The average Bonchev–Trinajstić information content (AvgIpc) is 3.15. The minimum absolute atomic E-state index is 0.0457. The molecule has 1 atom stereocenters. The summed E-state index contributed by atoms with van der Waals surface area (Å²) in [6.45, 7) is 3.72. The molecule has 0 bridgehead atoms. The van der Waals surface area contributed by atoms with Gasteiger partial charge in [0.2, 0.25) is 0 Å². The van der Waals surface area contributed by atoms with E-state index in [-0.39, 0.29) is 12.0 Å². The van der Waals surface area contributed by atoms with Crippen molar-refractivity contribution in [2.24, 2.45) is 0 Å². The van der Waals surface area contributed by atoms with Crippen LogP contribution in [0.3, 0.4) is 0 Å². The molecule has 2 aromatic carbocycles. The van der Waals surface area contributed by atoms with Crippen LogP contribution in [0.2, 0.25) is 0 Å². The number of aromatic nitrogens is 1. The second-order valence-corrected chi connectivity index (χ2v) is 7.25. The highest BCUT2D eigenvalue weighted by Crippen LogP contribution is 2.26. The fraction of sp³-hybridized carbons (Fsp3) is 0.238. The van der Waals surface area contributed by atoms with Crippen LogP contribution in [-0.2, 0) is 4.74 Å². The van der Waals surface area contributed by atoms with E-state index in [1.54, 1.807) is 11.3 Å². The van der Waals surface area contributed by atoms with Gasteiger partial charge in [-0.1, -0.05) is 42.5 Å². The third-order valence-corrected chi connectivity index (χ3v) is 5.51. The molecule has 1 amide bonds. The van der Waals surface area contributed by atoms with Gasteiger partial charge < -0.3 is 9.64 Å². The molecule has 132 valence electrons. The molecule has 1 fully saturated rings. The number of carbonyl (C=O) groups is 1. The number of aryl methyl sites for hydroxylation is 1. The van der Waals surface area contributed by atoms with Crippen LogP contribution in [0.25, 0.3) is 10.6 Å². The molecule has 1 aliphatic rings. The first-order chi connectivity index (χ1) is 12.7. The van der Waals surface area contributed by atoms with Gasteiger partial charge in [-0.15, -0.1) is 11.3 Å². The number of thiazole rings is 1. The molecule has 0 aliphatic carbocycles. The Morgan fingerprint density at radius 2 is 2.04 bits per heavy atom. The molecule has 26 heavy (non-hydrogen) atoms. The van der Waals surface area contributed by atoms with E-state index >= 15 is 0 Å². The predicted molar refractivity (Wildman–Crippen MR) is 103 cm³/mol. The van der Waals surface area contributed by atoms with Gasteiger partial charge in [-0.2, -0.15) is 0 Å². The Hall–Kier alpha value is -2.50. The van der Waals surface area contributed by atoms with Gasteiger partial charge in [0.15, 0.2) is 0 Å². The minimum atomic E-state index is -0.0707. The van der Waals surface area contributed by atoms with Crippen molar-refractivity contribution in [3.05, 3.63) is 76.8 Å². The molecule has 3 aromatic rings. The molecule has 0 N–H and O–H groups in total. The number of hydrogen-bond donors (Lipinski definition) is 0. The molecule has 0 spiro atoms.